The number of hydrogen-bond acceptors (Lipinski definition) is 4. The monoisotopic (exact) mass is 345 g/mol. The van der Waals surface area contributed by atoms with Crippen molar-refractivity contribution in [2.24, 2.45) is 13.0 Å². The summed E-state index contributed by atoms with van der Waals surface area (Å²) in [7, 11) is 2.02. The number of amides is 1. The average Bonchev–Trinajstić information content (AvgIpc) is 3.04. The summed E-state index contributed by atoms with van der Waals surface area (Å²) in [5.74, 6) is 2.53. The van der Waals surface area contributed by atoms with E-state index in [1.165, 1.54) is 0 Å². The maximum absolute atomic E-state index is 12.2. The molecule has 0 bridgehead atoms. The Labute approximate surface area is 147 Å². The van der Waals surface area contributed by atoms with Crippen molar-refractivity contribution in [1.29, 1.82) is 0 Å². The highest BCUT2D eigenvalue weighted by Gasteiger charge is 2.23. The summed E-state index contributed by atoms with van der Waals surface area (Å²) in [4.78, 5) is 18.5. The molecule has 1 aliphatic heterocycles. The van der Waals surface area contributed by atoms with Crippen LogP contribution in [0.2, 0.25) is 0 Å². The van der Waals surface area contributed by atoms with Crippen molar-refractivity contribution in [2.45, 2.75) is 18.0 Å². The Bertz CT molecular complexity index is 651. The fourth-order valence-electron chi connectivity index (χ4n) is 2.79. The Morgan fingerprint density at radius 3 is 2.71 bits per heavy atom. The molecule has 1 saturated heterocycles. The number of nitrogens with zero attached hydrogens (tertiary/aromatic N) is 3. The van der Waals surface area contributed by atoms with Crippen LogP contribution in [0.4, 0.5) is 0 Å². The van der Waals surface area contributed by atoms with Crippen LogP contribution in [0, 0.1) is 5.92 Å². The van der Waals surface area contributed by atoms with Crippen molar-refractivity contribution in [3.05, 3.63) is 42.7 Å². The number of ether oxygens (including phenoxy) is 1. The van der Waals surface area contributed by atoms with Crippen molar-refractivity contribution in [1.82, 2.24) is 14.5 Å². The van der Waals surface area contributed by atoms with E-state index in [-0.39, 0.29) is 12.5 Å². The third kappa shape index (κ3) is 4.54. The maximum Gasteiger partial charge on any atom is 0.260 e. The average molecular weight is 345 g/mol. The SMILES string of the molecule is Cn1ccnc1SCC1CCN(C(=O)COc2ccccc2)CC1. The molecule has 5 nitrogen and oxygen atoms in total. The molecule has 0 aliphatic carbocycles. The highest BCUT2D eigenvalue weighted by Crippen LogP contribution is 2.25. The van der Waals surface area contributed by atoms with E-state index in [9.17, 15) is 4.79 Å². The molecular formula is C18H23N3O2S. The zero-order chi connectivity index (χ0) is 16.8. The Morgan fingerprint density at radius 2 is 2.04 bits per heavy atom. The molecule has 3 rings (SSSR count). The van der Waals surface area contributed by atoms with Gasteiger partial charge in [-0.05, 0) is 30.9 Å². The van der Waals surface area contributed by atoms with Crippen molar-refractivity contribution in [3.63, 3.8) is 0 Å². The number of imidazole rings is 1. The zero-order valence-electron chi connectivity index (χ0n) is 13.9. The van der Waals surface area contributed by atoms with E-state index in [2.05, 4.69) is 4.98 Å². The lowest BCUT2D eigenvalue weighted by atomic mass is 9.99. The number of benzene rings is 1. The molecule has 1 amide bonds. The second-order valence-electron chi connectivity index (χ2n) is 6.06. The molecule has 0 N–H and O–H groups in total. The Balaban J connectivity index is 1.38. The number of aryl methyl sites for hydroxylation is 1. The topological polar surface area (TPSA) is 47.4 Å². The normalized spacial score (nSPS) is 15.5. The minimum Gasteiger partial charge on any atom is -0.484 e. The van der Waals surface area contributed by atoms with Gasteiger partial charge in [-0.1, -0.05) is 30.0 Å². The number of aromatic nitrogens is 2. The molecule has 0 unspecified atom stereocenters. The van der Waals surface area contributed by atoms with Crippen LogP contribution in [0.1, 0.15) is 12.8 Å². The van der Waals surface area contributed by atoms with Crippen LogP contribution in [0.5, 0.6) is 5.75 Å². The summed E-state index contributed by atoms with van der Waals surface area (Å²) in [5.41, 5.74) is 0. The predicted molar refractivity (Wildman–Crippen MR) is 95.2 cm³/mol. The summed E-state index contributed by atoms with van der Waals surface area (Å²) < 4.78 is 7.60. The van der Waals surface area contributed by atoms with E-state index < -0.39 is 0 Å². The minimum absolute atomic E-state index is 0.0778. The molecule has 1 fully saturated rings. The van der Waals surface area contributed by atoms with Crippen molar-refractivity contribution < 1.29 is 9.53 Å². The number of para-hydroxylation sites is 1. The van der Waals surface area contributed by atoms with E-state index >= 15 is 0 Å². The Morgan fingerprint density at radius 1 is 1.29 bits per heavy atom. The van der Waals surface area contributed by atoms with Crippen LogP contribution in [0.15, 0.2) is 47.9 Å². The number of likely N-dealkylation sites (tertiary alicyclic amines) is 1. The van der Waals surface area contributed by atoms with Gasteiger partial charge in [0.1, 0.15) is 5.75 Å². The number of piperidine rings is 1. The van der Waals surface area contributed by atoms with Crippen LogP contribution in [-0.4, -0.2) is 45.8 Å². The van der Waals surface area contributed by atoms with E-state index in [4.69, 9.17) is 4.74 Å². The predicted octanol–water partition coefficient (Wildman–Crippen LogP) is 2.83. The molecular weight excluding hydrogens is 322 g/mol. The van der Waals surface area contributed by atoms with Crippen LogP contribution < -0.4 is 4.74 Å². The maximum atomic E-state index is 12.2. The van der Waals surface area contributed by atoms with Crippen molar-refractivity contribution >= 4 is 17.7 Å². The number of rotatable bonds is 6. The number of hydrogen-bond donors (Lipinski definition) is 0. The van der Waals surface area contributed by atoms with Crippen LogP contribution in [0.3, 0.4) is 0 Å². The van der Waals surface area contributed by atoms with Crippen molar-refractivity contribution in [3.8, 4) is 5.75 Å². The lowest BCUT2D eigenvalue weighted by Crippen LogP contribution is -2.41. The number of thioether (sulfide) groups is 1. The molecule has 24 heavy (non-hydrogen) atoms. The Hall–Kier alpha value is -1.95. The third-order valence-electron chi connectivity index (χ3n) is 4.30. The molecule has 0 atom stereocenters. The van der Waals surface area contributed by atoms with Crippen LogP contribution >= 0.6 is 11.8 Å². The smallest absolute Gasteiger partial charge is 0.260 e. The van der Waals surface area contributed by atoms with Gasteiger partial charge in [-0.2, -0.15) is 0 Å². The molecule has 1 aromatic heterocycles. The number of carbonyl (C=O) groups excluding carboxylic acids is 1. The first-order valence-electron chi connectivity index (χ1n) is 8.28. The molecule has 128 valence electrons. The van der Waals surface area contributed by atoms with E-state index in [1.807, 2.05) is 59.2 Å². The van der Waals surface area contributed by atoms with Gasteiger partial charge in [0.2, 0.25) is 0 Å². The van der Waals surface area contributed by atoms with Gasteiger partial charge in [-0.15, -0.1) is 0 Å². The Kier molecular flexibility index (Phi) is 5.80. The van der Waals surface area contributed by atoms with Gasteiger partial charge >= 0.3 is 0 Å². The second kappa shape index (κ2) is 8.24. The standard InChI is InChI=1S/C18H23N3O2S/c1-20-12-9-19-18(20)24-14-15-7-10-21(11-8-15)17(22)13-23-16-5-3-2-4-6-16/h2-6,9,12,15H,7-8,10-11,13-14H2,1H3. The molecule has 0 spiro atoms. The lowest BCUT2D eigenvalue weighted by molar-refractivity contribution is -0.134. The second-order valence-corrected chi connectivity index (χ2v) is 7.04. The van der Waals surface area contributed by atoms with E-state index in [0.29, 0.717) is 5.92 Å². The largest absolute Gasteiger partial charge is 0.484 e. The first-order chi connectivity index (χ1) is 11.7. The molecule has 2 heterocycles. The van der Waals surface area contributed by atoms with Crippen LogP contribution in [-0.2, 0) is 11.8 Å². The molecule has 1 aliphatic rings. The van der Waals surface area contributed by atoms with E-state index in [1.54, 1.807) is 11.8 Å². The number of carbonyl (C=O) groups is 1. The van der Waals surface area contributed by atoms with Crippen LogP contribution in [0.25, 0.3) is 0 Å². The van der Waals surface area contributed by atoms with Gasteiger partial charge in [0, 0.05) is 38.3 Å². The molecule has 0 saturated carbocycles. The summed E-state index contributed by atoms with van der Waals surface area (Å²) >= 11 is 1.80. The fraction of sp³-hybridized carbons (Fsp3) is 0.444. The first-order valence-corrected chi connectivity index (χ1v) is 9.26. The summed E-state index contributed by atoms with van der Waals surface area (Å²) in [6.07, 6.45) is 5.90. The van der Waals surface area contributed by atoms with Gasteiger partial charge in [0.05, 0.1) is 0 Å². The summed E-state index contributed by atoms with van der Waals surface area (Å²) in [5, 5.41) is 1.06. The highest BCUT2D eigenvalue weighted by molar-refractivity contribution is 7.99. The van der Waals surface area contributed by atoms with Gasteiger partial charge < -0.3 is 14.2 Å². The van der Waals surface area contributed by atoms with Gasteiger partial charge in [0.25, 0.3) is 5.91 Å². The third-order valence-corrected chi connectivity index (χ3v) is 5.59. The molecule has 0 radical (unpaired) electrons. The summed E-state index contributed by atoms with van der Waals surface area (Å²) in [6.45, 7) is 1.77. The van der Waals surface area contributed by atoms with Gasteiger partial charge in [-0.3, -0.25) is 4.79 Å². The summed E-state index contributed by atoms with van der Waals surface area (Å²) in [6, 6.07) is 9.49. The minimum atomic E-state index is 0.0778. The fourth-order valence-corrected chi connectivity index (χ4v) is 3.90. The highest BCUT2D eigenvalue weighted by atomic mass is 32.2. The van der Waals surface area contributed by atoms with Gasteiger partial charge in [-0.25, -0.2) is 4.98 Å². The molecule has 2 aromatic rings. The zero-order valence-corrected chi connectivity index (χ0v) is 14.7. The lowest BCUT2D eigenvalue weighted by Gasteiger charge is -2.31. The quantitative estimate of drug-likeness (QED) is 0.756. The molecule has 6 heteroatoms. The van der Waals surface area contributed by atoms with E-state index in [0.717, 1.165) is 42.6 Å². The van der Waals surface area contributed by atoms with Crippen molar-refractivity contribution in [2.75, 3.05) is 25.4 Å². The van der Waals surface area contributed by atoms with Gasteiger partial charge in [0.15, 0.2) is 11.8 Å². The molecule has 1 aromatic carbocycles. The first kappa shape index (κ1) is 16.9.